The first kappa shape index (κ1) is 31.8. The standard InChI is InChI=1S/C27H23Cl2N3O6S.Na/c1-3-15-9-10-22(39(35,36)37)23(29)24(15)31-32-25-20-8-6-5-7-16(20)11-21(26(25)33)27(34)30-18-12-17(28)13-19(14-18)38-4-2;/h5-14,33H,3-4H2,1-2H3,(H,30,34)(H,35,36,37);/q;+1/p-1. The van der Waals surface area contributed by atoms with Gasteiger partial charge in [-0.25, -0.2) is 0 Å². The second-order valence-corrected chi connectivity index (χ2v) is 10.5. The smallest absolute Gasteiger partial charge is 0.870 e. The third kappa shape index (κ3) is 6.95. The number of ether oxygens (including phenoxy) is 1. The Bertz CT molecular complexity index is 1730. The number of anilines is 1. The van der Waals surface area contributed by atoms with Crippen molar-refractivity contribution in [2.24, 2.45) is 10.2 Å². The Morgan fingerprint density at radius 2 is 1.73 bits per heavy atom. The molecule has 0 spiro atoms. The molecule has 202 valence electrons. The summed E-state index contributed by atoms with van der Waals surface area (Å²) >= 11 is 12.4. The van der Waals surface area contributed by atoms with E-state index in [0.29, 0.717) is 45.8 Å². The molecule has 0 fully saturated rings. The molecule has 0 bridgehead atoms. The van der Waals surface area contributed by atoms with E-state index >= 15 is 0 Å². The van der Waals surface area contributed by atoms with Crippen LogP contribution >= 0.6 is 23.2 Å². The number of amides is 1. The molecule has 2 N–H and O–H groups in total. The van der Waals surface area contributed by atoms with Gasteiger partial charge < -0.3 is 15.2 Å². The molecule has 0 heterocycles. The Balaban J connectivity index is 0.00000441. The Morgan fingerprint density at radius 1 is 1.02 bits per heavy atom. The van der Waals surface area contributed by atoms with Crippen molar-refractivity contribution in [1.29, 1.82) is 0 Å². The molecule has 0 aliphatic rings. The summed E-state index contributed by atoms with van der Waals surface area (Å²) in [5, 5.41) is 25.4. The number of rotatable bonds is 8. The SMILES string of the molecule is CCOc1cc(Cl)cc(NC(=O)c2cc3ccccc3c(N=Nc3c(CC)ccc(S(=O)(=O)O)c3Cl)c2[O-])c1.[Na+]. The van der Waals surface area contributed by atoms with Crippen molar-refractivity contribution in [2.45, 2.75) is 25.2 Å². The largest absolute Gasteiger partial charge is 1.00 e. The summed E-state index contributed by atoms with van der Waals surface area (Å²) in [5.74, 6) is -0.957. The number of nitrogens with zero attached hydrogens (tertiary/aromatic N) is 2. The quantitative estimate of drug-likeness (QED) is 0.175. The first-order chi connectivity index (χ1) is 18.5. The van der Waals surface area contributed by atoms with E-state index < -0.39 is 26.7 Å². The van der Waals surface area contributed by atoms with Gasteiger partial charge in [0.2, 0.25) is 0 Å². The fourth-order valence-electron chi connectivity index (χ4n) is 3.94. The fourth-order valence-corrected chi connectivity index (χ4v) is 5.24. The number of carbonyl (C=O) groups excluding carboxylic acids is 1. The van der Waals surface area contributed by atoms with Crippen molar-refractivity contribution < 1.29 is 57.2 Å². The molecular weight excluding hydrogens is 588 g/mol. The van der Waals surface area contributed by atoms with Crippen LogP contribution in [0.15, 0.2) is 75.8 Å². The number of aryl methyl sites for hydroxylation is 1. The average molecular weight is 610 g/mol. The number of fused-ring (bicyclic) bond motifs is 1. The normalized spacial score (nSPS) is 11.4. The minimum absolute atomic E-state index is 0. The molecule has 1 amide bonds. The molecule has 0 radical (unpaired) electrons. The first-order valence-electron chi connectivity index (χ1n) is 11.7. The van der Waals surface area contributed by atoms with E-state index in [4.69, 9.17) is 27.9 Å². The van der Waals surface area contributed by atoms with Gasteiger partial charge in [0.1, 0.15) is 16.3 Å². The zero-order chi connectivity index (χ0) is 28.3. The summed E-state index contributed by atoms with van der Waals surface area (Å²) in [7, 11) is -4.63. The molecule has 0 aromatic heterocycles. The minimum Gasteiger partial charge on any atom is -0.870 e. The van der Waals surface area contributed by atoms with E-state index in [9.17, 15) is 22.9 Å². The molecule has 40 heavy (non-hydrogen) atoms. The Kier molecular flexibility index (Phi) is 10.6. The molecule has 0 aliphatic carbocycles. The predicted octanol–water partition coefficient (Wildman–Crippen LogP) is 4.10. The molecule has 0 saturated carbocycles. The van der Waals surface area contributed by atoms with Crippen molar-refractivity contribution in [2.75, 3.05) is 11.9 Å². The van der Waals surface area contributed by atoms with Crippen molar-refractivity contribution in [3.8, 4) is 11.5 Å². The molecule has 9 nitrogen and oxygen atoms in total. The number of benzene rings is 4. The van der Waals surface area contributed by atoms with Crippen LogP contribution in [0.3, 0.4) is 0 Å². The number of hydrogen-bond donors (Lipinski definition) is 2. The summed E-state index contributed by atoms with van der Waals surface area (Å²) in [5.41, 5.74) is 0.500. The van der Waals surface area contributed by atoms with Gasteiger partial charge in [-0.2, -0.15) is 13.5 Å². The molecule has 0 unspecified atom stereocenters. The molecule has 0 saturated heterocycles. The molecule has 13 heteroatoms. The van der Waals surface area contributed by atoms with E-state index in [0.717, 1.165) is 0 Å². The Morgan fingerprint density at radius 3 is 2.40 bits per heavy atom. The van der Waals surface area contributed by atoms with Crippen LogP contribution in [0.1, 0.15) is 29.8 Å². The van der Waals surface area contributed by atoms with Crippen LogP contribution in [0, 0.1) is 0 Å². The van der Waals surface area contributed by atoms with Gasteiger partial charge in [-0.05, 0) is 48.6 Å². The van der Waals surface area contributed by atoms with Gasteiger partial charge >= 0.3 is 29.6 Å². The number of carbonyl (C=O) groups is 1. The van der Waals surface area contributed by atoms with Crippen LogP contribution in [-0.2, 0) is 16.5 Å². The molecule has 4 rings (SSSR count). The summed E-state index contributed by atoms with van der Waals surface area (Å²) in [6, 6.07) is 15.6. The maximum atomic E-state index is 13.5. The van der Waals surface area contributed by atoms with Gasteiger partial charge in [0.15, 0.2) is 0 Å². The third-order valence-corrected chi connectivity index (χ3v) is 7.34. The van der Waals surface area contributed by atoms with Crippen LogP contribution in [-0.4, -0.2) is 25.5 Å². The zero-order valence-electron chi connectivity index (χ0n) is 21.7. The van der Waals surface area contributed by atoms with Gasteiger partial charge in [-0.1, -0.05) is 66.2 Å². The summed E-state index contributed by atoms with van der Waals surface area (Å²) in [4.78, 5) is 12.7. The third-order valence-electron chi connectivity index (χ3n) is 5.73. The van der Waals surface area contributed by atoms with Crippen LogP contribution in [0.25, 0.3) is 10.8 Å². The van der Waals surface area contributed by atoms with Crippen LogP contribution in [0.5, 0.6) is 11.5 Å². The fraction of sp³-hybridized carbons (Fsp3) is 0.148. The molecular formula is C27H22Cl2N3NaO6S. The van der Waals surface area contributed by atoms with Gasteiger partial charge in [-0.15, -0.1) is 5.11 Å². The predicted molar refractivity (Wildman–Crippen MR) is 149 cm³/mol. The van der Waals surface area contributed by atoms with Crippen molar-refractivity contribution in [1.82, 2.24) is 0 Å². The molecule has 0 aliphatic heterocycles. The summed E-state index contributed by atoms with van der Waals surface area (Å²) < 4.78 is 38.5. The van der Waals surface area contributed by atoms with E-state index in [-0.39, 0.29) is 51.5 Å². The van der Waals surface area contributed by atoms with Crippen molar-refractivity contribution >= 4 is 67.1 Å². The van der Waals surface area contributed by atoms with Crippen molar-refractivity contribution in [3.63, 3.8) is 0 Å². The topological polar surface area (TPSA) is 140 Å². The number of halogens is 2. The molecule has 4 aromatic rings. The number of hydrogen-bond acceptors (Lipinski definition) is 7. The average Bonchev–Trinajstić information content (AvgIpc) is 2.87. The summed E-state index contributed by atoms with van der Waals surface area (Å²) in [6.07, 6.45) is 0.413. The molecule has 0 atom stereocenters. The number of nitrogens with one attached hydrogen (secondary N) is 1. The van der Waals surface area contributed by atoms with Crippen LogP contribution < -0.4 is 44.7 Å². The summed E-state index contributed by atoms with van der Waals surface area (Å²) in [6.45, 7) is 4.00. The van der Waals surface area contributed by atoms with Gasteiger partial charge in [0.05, 0.1) is 17.3 Å². The second kappa shape index (κ2) is 13.3. The monoisotopic (exact) mass is 609 g/mol. The maximum absolute atomic E-state index is 13.5. The van der Waals surface area contributed by atoms with E-state index in [1.165, 1.54) is 24.3 Å². The van der Waals surface area contributed by atoms with Gasteiger partial charge in [0, 0.05) is 27.7 Å². The van der Waals surface area contributed by atoms with Crippen molar-refractivity contribution in [3.05, 3.63) is 81.8 Å². The second-order valence-electron chi connectivity index (χ2n) is 8.30. The zero-order valence-corrected chi connectivity index (χ0v) is 26.1. The van der Waals surface area contributed by atoms with E-state index in [1.54, 1.807) is 43.3 Å². The Labute approximate surface area is 263 Å². The van der Waals surface area contributed by atoms with E-state index in [2.05, 4.69) is 15.5 Å². The molecule has 4 aromatic carbocycles. The first-order valence-corrected chi connectivity index (χ1v) is 13.9. The Hall–Kier alpha value is -2.70. The van der Waals surface area contributed by atoms with Crippen LogP contribution in [0.4, 0.5) is 17.1 Å². The minimum atomic E-state index is -4.63. The van der Waals surface area contributed by atoms with Gasteiger partial charge in [0.25, 0.3) is 16.0 Å². The number of azo groups is 1. The van der Waals surface area contributed by atoms with Crippen LogP contribution in [0.2, 0.25) is 10.0 Å². The maximum Gasteiger partial charge on any atom is 1.00 e. The van der Waals surface area contributed by atoms with Gasteiger partial charge in [-0.3, -0.25) is 9.35 Å². The van der Waals surface area contributed by atoms with E-state index in [1.807, 2.05) is 6.92 Å².